The minimum Gasteiger partial charge on any atom is -0.349 e. The minimum atomic E-state index is -0.313. The number of nitrogens with zero attached hydrogens (tertiary/aromatic N) is 4. The maximum absolute atomic E-state index is 13.3. The Morgan fingerprint density at radius 2 is 1.90 bits per heavy atom. The van der Waals surface area contributed by atoms with Gasteiger partial charge in [-0.15, -0.1) is 0 Å². The van der Waals surface area contributed by atoms with Crippen LogP contribution in [0.2, 0.25) is 0 Å². The summed E-state index contributed by atoms with van der Waals surface area (Å²) in [6, 6.07) is 16.3. The molecule has 0 aliphatic heterocycles. The lowest BCUT2D eigenvalue weighted by atomic mass is 10.1. The predicted octanol–water partition coefficient (Wildman–Crippen LogP) is 3.79. The zero-order valence-electron chi connectivity index (χ0n) is 17.3. The molecule has 2 aromatic carbocycles. The van der Waals surface area contributed by atoms with Crippen LogP contribution in [-0.2, 0) is 6.54 Å². The van der Waals surface area contributed by atoms with E-state index in [1.54, 1.807) is 35.1 Å². The molecule has 0 atom stereocenters. The van der Waals surface area contributed by atoms with E-state index in [9.17, 15) is 9.18 Å². The molecular formula is C24H24FN5O. The predicted molar refractivity (Wildman–Crippen MR) is 118 cm³/mol. The van der Waals surface area contributed by atoms with Gasteiger partial charge in [0.1, 0.15) is 17.2 Å². The maximum atomic E-state index is 13.3. The van der Waals surface area contributed by atoms with Gasteiger partial charge in [-0.3, -0.25) is 14.7 Å². The summed E-state index contributed by atoms with van der Waals surface area (Å²) < 4.78 is 15.0. The van der Waals surface area contributed by atoms with Crippen molar-refractivity contribution in [1.29, 1.82) is 0 Å². The molecule has 6 nitrogen and oxygen atoms in total. The Hall–Kier alpha value is -3.58. The molecule has 1 N–H and O–H groups in total. The van der Waals surface area contributed by atoms with E-state index < -0.39 is 0 Å². The van der Waals surface area contributed by atoms with Gasteiger partial charge in [0.05, 0.1) is 0 Å². The second-order valence-corrected chi connectivity index (χ2v) is 7.25. The standard InChI is InChI=1S/C24H24FN5O/c1-2-29(16-18-6-4-3-5-7-18)14-12-27-24(31)21-17-30-15-13-26-22(23(30)28-21)19-8-10-20(25)11-9-19/h3-11,13,15,17H,2,12,14,16H2,1H3,(H,27,31). The molecule has 1 amide bonds. The summed E-state index contributed by atoms with van der Waals surface area (Å²) in [6.45, 7) is 5.11. The van der Waals surface area contributed by atoms with Crippen LogP contribution in [0.5, 0.6) is 0 Å². The van der Waals surface area contributed by atoms with Crippen LogP contribution >= 0.6 is 0 Å². The number of nitrogens with one attached hydrogen (secondary N) is 1. The number of carbonyl (C=O) groups is 1. The monoisotopic (exact) mass is 417 g/mol. The third-order valence-corrected chi connectivity index (χ3v) is 5.14. The van der Waals surface area contributed by atoms with Crippen LogP contribution in [0, 0.1) is 5.82 Å². The second-order valence-electron chi connectivity index (χ2n) is 7.25. The Labute approximate surface area is 180 Å². The second kappa shape index (κ2) is 9.49. The van der Waals surface area contributed by atoms with Crippen molar-refractivity contribution in [2.75, 3.05) is 19.6 Å². The number of aromatic nitrogens is 3. The van der Waals surface area contributed by atoms with Crippen LogP contribution in [0.3, 0.4) is 0 Å². The third-order valence-electron chi connectivity index (χ3n) is 5.14. The van der Waals surface area contributed by atoms with Crippen molar-refractivity contribution in [1.82, 2.24) is 24.6 Å². The van der Waals surface area contributed by atoms with Crippen molar-refractivity contribution in [3.8, 4) is 11.3 Å². The van der Waals surface area contributed by atoms with E-state index in [-0.39, 0.29) is 11.7 Å². The Morgan fingerprint density at radius 1 is 1.13 bits per heavy atom. The highest BCUT2D eigenvalue weighted by Crippen LogP contribution is 2.22. The minimum absolute atomic E-state index is 0.232. The molecule has 4 rings (SSSR count). The fourth-order valence-corrected chi connectivity index (χ4v) is 3.45. The summed E-state index contributed by atoms with van der Waals surface area (Å²) in [7, 11) is 0. The number of likely N-dealkylation sites (N-methyl/N-ethyl adjacent to an activating group) is 1. The average molecular weight is 417 g/mol. The lowest BCUT2D eigenvalue weighted by molar-refractivity contribution is 0.0944. The molecule has 0 saturated heterocycles. The van der Waals surface area contributed by atoms with Gasteiger partial charge < -0.3 is 9.72 Å². The van der Waals surface area contributed by atoms with E-state index in [4.69, 9.17) is 0 Å². The van der Waals surface area contributed by atoms with Gasteiger partial charge in [0, 0.05) is 43.8 Å². The van der Waals surface area contributed by atoms with Crippen LogP contribution in [0.15, 0.2) is 73.2 Å². The van der Waals surface area contributed by atoms with Crippen molar-refractivity contribution >= 4 is 11.6 Å². The molecule has 0 radical (unpaired) electrons. The molecule has 2 aromatic heterocycles. The van der Waals surface area contributed by atoms with E-state index in [2.05, 4.69) is 39.2 Å². The van der Waals surface area contributed by atoms with Crippen LogP contribution in [-0.4, -0.2) is 44.8 Å². The fourth-order valence-electron chi connectivity index (χ4n) is 3.45. The summed E-state index contributed by atoms with van der Waals surface area (Å²) in [5.41, 5.74) is 3.46. The van der Waals surface area contributed by atoms with E-state index in [0.29, 0.717) is 23.6 Å². The summed E-state index contributed by atoms with van der Waals surface area (Å²) in [6.07, 6.45) is 5.06. The maximum Gasteiger partial charge on any atom is 0.271 e. The number of carbonyl (C=O) groups excluding carboxylic acids is 1. The highest BCUT2D eigenvalue weighted by molar-refractivity contribution is 5.93. The molecule has 4 aromatic rings. The highest BCUT2D eigenvalue weighted by Gasteiger charge is 2.15. The SMILES string of the molecule is CCN(CCNC(=O)c1cn2ccnc(-c3ccc(F)cc3)c2n1)Cc1ccccc1. The molecule has 0 fully saturated rings. The molecular weight excluding hydrogens is 393 g/mol. The first kappa shape index (κ1) is 20.7. The number of rotatable bonds is 8. The van der Waals surface area contributed by atoms with Crippen molar-refractivity contribution < 1.29 is 9.18 Å². The number of hydrogen-bond donors (Lipinski definition) is 1. The molecule has 31 heavy (non-hydrogen) atoms. The van der Waals surface area contributed by atoms with Gasteiger partial charge in [-0.1, -0.05) is 37.3 Å². The largest absolute Gasteiger partial charge is 0.349 e. The molecule has 0 unspecified atom stereocenters. The Morgan fingerprint density at radius 3 is 2.65 bits per heavy atom. The zero-order chi connectivity index (χ0) is 21.6. The van der Waals surface area contributed by atoms with Crippen LogP contribution in [0.4, 0.5) is 4.39 Å². The van der Waals surface area contributed by atoms with Crippen LogP contribution in [0.25, 0.3) is 16.9 Å². The fraction of sp³-hybridized carbons (Fsp3) is 0.208. The first-order valence-corrected chi connectivity index (χ1v) is 10.3. The number of benzene rings is 2. The molecule has 2 heterocycles. The summed E-state index contributed by atoms with van der Waals surface area (Å²) >= 11 is 0. The summed E-state index contributed by atoms with van der Waals surface area (Å²) in [5.74, 6) is -0.544. The lowest BCUT2D eigenvalue weighted by Gasteiger charge is -2.20. The normalized spacial score (nSPS) is 11.2. The van der Waals surface area contributed by atoms with Gasteiger partial charge in [-0.25, -0.2) is 9.37 Å². The Bertz CT molecular complexity index is 1160. The van der Waals surface area contributed by atoms with Gasteiger partial charge in [-0.2, -0.15) is 0 Å². The van der Waals surface area contributed by atoms with Gasteiger partial charge >= 0.3 is 0 Å². The van der Waals surface area contributed by atoms with Crippen molar-refractivity contribution in [2.24, 2.45) is 0 Å². The van der Waals surface area contributed by atoms with Crippen LogP contribution < -0.4 is 5.32 Å². The van der Waals surface area contributed by atoms with E-state index in [0.717, 1.165) is 25.2 Å². The number of hydrogen-bond acceptors (Lipinski definition) is 4. The molecule has 0 aliphatic rings. The summed E-state index contributed by atoms with van der Waals surface area (Å²) in [4.78, 5) is 23.8. The molecule has 0 saturated carbocycles. The zero-order valence-corrected chi connectivity index (χ0v) is 17.3. The smallest absolute Gasteiger partial charge is 0.271 e. The van der Waals surface area contributed by atoms with Gasteiger partial charge in [0.25, 0.3) is 5.91 Å². The molecule has 7 heteroatoms. The summed E-state index contributed by atoms with van der Waals surface area (Å²) in [5, 5.41) is 2.95. The number of halogens is 1. The molecule has 0 spiro atoms. The first-order valence-electron chi connectivity index (χ1n) is 10.3. The van der Waals surface area contributed by atoms with E-state index in [1.807, 2.05) is 18.2 Å². The van der Waals surface area contributed by atoms with Gasteiger partial charge in [-0.05, 0) is 36.4 Å². The first-order chi connectivity index (χ1) is 15.1. The molecule has 158 valence electrons. The lowest BCUT2D eigenvalue weighted by Crippen LogP contribution is -2.34. The quantitative estimate of drug-likeness (QED) is 0.474. The van der Waals surface area contributed by atoms with E-state index in [1.165, 1.54) is 17.7 Å². The topological polar surface area (TPSA) is 62.5 Å². The Balaban J connectivity index is 1.42. The Kier molecular flexibility index (Phi) is 6.33. The third kappa shape index (κ3) is 4.95. The number of amides is 1. The van der Waals surface area contributed by atoms with Crippen molar-refractivity contribution in [2.45, 2.75) is 13.5 Å². The van der Waals surface area contributed by atoms with Crippen molar-refractivity contribution in [3.05, 3.63) is 90.3 Å². The average Bonchev–Trinajstić information content (AvgIpc) is 3.24. The highest BCUT2D eigenvalue weighted by atomic mass is 19.1. The number of imidazole rings is 1. The number of fused-ring (bicyclic) bond motifs is 1. The van der Waals surface area contributed by atoms with E-state index >= 15 is 0 Å². The van der Waals surface area contributed by atoms with Gasteiger partial charge in [0.2, 0.25) is 0 Å². The van der Waals surface area contributed by atoms with Gasteiger partial charge in [0.15, 0.2) is 5.65 Å². The van der Waals surface area contributed by atoms with Crippen LogP contribution in [0.1, 0.15) is 23.0 Å². The molecule has 0 aliphatic carbocycles. The molecule has 0 bridgehead atoms. The van der Waals surface area contributed by atoms with Crippen molar-refractivity contribution in [3.63, 3.8) is 0 Å².